The average Bonchev–Trinajstić information content (AvgIpc) is 2.44. The monoisotopic (exact) mass is 335 g/mol. The molecule has 2 rings (SSSR count). The number of phenolic OH excluding ortho intramolecular Hbond substituents is 1. The van der Waals surface area contributed by atoms with E-state index in [0.29, 0.717) is 12.3 Å². The number of hydrogen-bond acceptors (Lipinski definition) is 3. The summed E-state index contributed by atoms with van der Waals surface area (Å²) in [6.45, 7) is 2.50. The third-order valence-corrected chi connectivity index (χ3v) is 3.12. The lowest BCUT2D eigenvalue weighted by atomic mass is 10.2. The van der Waals surface area contributed by atoms with E-state index in [1.54, 1.807) is 36.4 Å². The number of hydrogen-bond donors (Lipinski definition) is 2. The van der Waals surface area contributed by atoms with Gasteiger partial charge in [0.1, 0.15) is 11.5 Å². The van der Waals surface area contributed by atoms with Crippen LogP contribution in [-0.4, -0.2) is 17.6 Å². The van der Waals surface area contributed by atoms with Crippen LogP contribution in [0.3, 0.4) is 0 Å². The summed E-state index contributed by atoms with van der Waals surface area (Å²) in [5, 5.41) is 12.4. The van der Waals surface area contributed by atoms with Gasteiger partial charge in [-0.15, -0.1) is 0 Å². The van der Waals surface area contributed by atoms with Gasteiger partial charge in [-0.1, -0.05) is 15.9 Å². The molecular formula is C15H14BrNO3. The second-order valence-electron chi connectivity index (χ2n) is 4.07. The van der Waals surface area contributed by atoms with Gasteiger partial charge in [0.2, 0.25) is 0 Å². The minimum absolute atomic E-state index is 0.0587. The fourth-order valence-corrected chi connectivity index (χ4v) is 2.05. The van der Waals surface area contributed by atoms with Crippen molar-refractivity contribution in [1.82, 2.24) is 0 Å². The number of carbonyl (C=O) groups is 1. The van der Waals surface area contributed by atoms with Gasteiger partial charge in [-0.2, -0.15) is 0 Å². The lowest BCUT2D eigenvalue weighted by Gasteiger charge is -2.08. The molecule has 20 heavy (non-hydrogen) atoms. The van der Waals surface area contributed by atoms with Crippen LogP contribution in [-0.2, 0) is 0 Å². The highest BCUT2D eigenvalue weighted by molar-refractivity contribution is 9.10. The van der Waals surface area contributed by atoms with Crippen LogP contribution in [0.2, 0.25) is 0 Å². The zero-order chi connectivity index (χ0) is 14.5. The molecule has 0 spiro atoms. The summed E-state index contributed by atoms with van der Waals surface area (Å²) in [6, 6.07) is 11.8. The Balaban J connectivity index is 2.13. The van der Waals surface area contributed by atoms with Crippen molar-refractivity contribution >= 4 is 27.5 Å². The van der Waals surface area contributed by atoms with Crippen molar-refractivity contribution in [2.24, 2.45) is 0 Å². The molecular weight excluding hydrogens is 322 g/mol. The Morgan fingerprint density at radius 2 is 1.95 bits per heavy atom. The van der Waals surface area contributed by atoms with Crippen LogP contribution >= 0.6 is 15.9 Å². The first kappa shape index (κ1) is 14.4. The summed E-state index contributed by atoms with van der Waals surface area (Å²) in [6.07, 6.45) is 0. The Morgan fingerprint density at radius 1 is 1.25 bits per heavy atom. The first-order chi connectivity index (χ1) is 9.60. The average molecular weight is 336 g/mol. The van der Waals surface area contributed by atoms with Crippen molar-refractivity contribution in [3.63, 3.8) is 0 Å². The summed E-state index contributed by atoms with van der Waals surface area (Å²) >= 11 is 3.27. The molecule has 2 N–H and O–H groups in total. The van der Waals surface area contributed by atoms with Crippen LogP contribution in [0.5, 0.6) is 11.5 Å². The largest absolute Gasteiger partial charge is 0.507 e. The van der Waals surface area contributed by atoms with Gasteiger partial charge < -0.3 is 15.2 Å². The summed E-state index contributed by atoms with van der Waals surface area (Å²) in [5.41, 5.74) is 0.853. The molecule has 5 heteroatoms. The number of carbonyl (C=O) groups excluding carboxylic acids is 1. The van der Waals surface area contributed by atoms with Crippen molar-refractivity contribution < 1.29 is 14.6 Å². The van der Waals surface area contributed by atoms with Gasteiger partial charge in [-0.3, -0.25) is 4.79 Å². The van der Waals surface area contributed by atoms with Gasteiger partial charge in [-0.05, 0) is 49.4 Å². The van der Waals surface area contributed by atoms with Crippen LogP contribution in [0.1, 0.15) is 17.3 Å². The number of aromatic hydroxyl groups is 1. The maximum absolute atomic E-state index is 12.1. The zero-order valence-electron chi connectivity index (χ0n) is 10.9. The van der Waals surface area contributed by atoms with E-state index < -0.39 is 0 Å². The molecule has 1 amide bonds. The Kier molecular flexibility index (Phi) is 4.63. The summed E-state index contributed by atoms with van der Waals surface area (Å²) in [4.78, 5) is 12.1. The molecule has 0 aliphatic carbocycles. The maximum Gasteiger partial charge on any atom is 0.259 e. The van der Waals surface area contributed by atoms with Crippen molar-refractivity contribution in [3.8, 4) is 11.5 Å². The highest BCUT2D eigenvalue weighted by atomic mass is 79.9. The normalized spacial score (nSPS) is 10.1. The predicted molar refractivity (Wildman–Crippen MR) is 81.4 cm³/mol. The summed E-state index contributed by atoms with van der Waals surface area (Å²) < 4.78 is 6.06. The third kappa shape index (κ3) is 3.51. The number of ether oxygens (including phenoxy) is 1. The third-order valence-electron chi connectivity index (χ3n) is 2.63. The zero-order valence-corrected chi connectivity index (χ0v) is 12.5. The van der Waals surface area contributed by atoms with E-state index in [-0.39, 0.29) is 17.2 Å². The second kappa shape index (κ2) is 6.43. The first-order valence-electron chi connectivity index (χ1n) is 6.13. The Hall–Kier alpha value is -2.01. The molecule has 0 aliphatic rings. The Morgan fingerprint density at radius 3 is 2.60 bits per heavy atom. The fraction of sp³-hybridized carbons (Fsp3) is 0.133. The molecule has 0 aliphatic heterocycles. The standard InChI is InChI=1S/C15H14BrNO3/c1-2-20-12-6-4-11(5-7-12)17-15(19)13-9-10(16)3-8-14(13)18/h3-9,18H,2H2,1H3,(H,17,19). The highest BCUT2D eigenvalue weighted by Crippen LogP contribution is 2.23. The molecule has 0 radical (unpaired) electrons. The minimum atomic E-state index is -0.368. The highest BCUT2D eigenvalue weighted by Gasteiger charge is 2.11. The molecule has 0 saturated heterocycles. The number of anilines is 1. The SMILES string of the molecule is CCOc1ccc(NC(=O)c2cc(Br)ccc2O)cc1. The van der Waals surface area contributed by atoms with Gasteiger partial charge in [0, 0.05) is 10.2 Å². The molecule has 0 fully saturated rings. The molecule has 0 atom stereocenters. The Bertz CT molecular complexity index is 611. The van der Waals surface area contributed by atoms with Crippen LogP contribution < -0.4 is 10.1 Å². The minimum Gasteiger partial charge on any atom is -0.507 e. The lowest BCUT2D eigenvalue weighted by Crippen LogP contribution is -2.12. The van der Waals surface area contributed by atoms with Gasteiger partial charge >= 0.3 is 0 Å². The maximum atomic E-state index is 12.1. The van der Waals surface area contributed by atoms with Crippen molar-refractivity contribution in [1.29, 1.82) is 0 Å². The summed E-state index contributed by atoms with van der Waals surface area (Å²) in [5.74, 6) is 0.320. The number of halogens is 1. The van der Waals surface area contributed by atoms with E-state index in [0.717, 1.165) is 10.2 Å². The van der Waals surface area contributed by atoms with Crippen molar-refractivity contribution in [3.05, 3.63) is 52.5 Å². The van der Waals surface area contributed by atoms with Gasteiger partial charge in [0.15, 0.2) is 0 Å². The molecule has 2 aromatic rings. The lowest BCUT2D eigenvalue weighted by molar-refractivity contribution is 0.102. The van der Waals surface area contributed by atoms with E-state index in [9.17, 15) is 9.90 Å². The first-order valence-corrected chi connectivity index (χ1v) is 6.92. The van der Waals surface area contributed by atoms with Crippen LogP contribution in [0, 0.1) is 0 Å². The van der Waals surface area contributed by atoms with Crippen molar-refractivity contribution in [2.75, 3.05) is 11.9 Å². The van der Waals surface area contributed by atoms with Gasteiger partial charge in [-0.25, -0.2) is 0 Å². The van der Waals surface area contributed by atoms with Crippen LogP contribution in [0.15, 0.2) is 46.9 Å². The molecule has 0 unspecified atom stereocenters. The van der Waals surface area contributed by atoms with Crippen LogP contribution in [0.25, 0.3) is 0 Å². The molecule has 0 aromatic heterocycles. The number of amides is 1. The second-order valence-corrected chi connectivity index (χ2v) is 4.99. The number of nitrogens with one attached hydrogen (secondary N) is 1. The quantitative estimate of drug-likeness (QED) is 0.893. The van der Waals surface area contributed by atoms with Crippen LogP contribution in [0.4, 0.5) is 5.69 Å². The fourth-order valence-electron chi connectivity index (χ4n) is 1.69. The molecule has 2 aromatic carbocycles. The molecule has 0 saturated carbocycles. The number of benzene rings is 2. The molecule has 0 bridgehead atoms. The predicted octanol–water partition coefficient (Wildman–Crippen LogP) is 3.81. The van der Waals surface area contributed by atoms with Crippen molar-refractivity contribution in [2.45, 2.75) is 6.92 Å². The van der Waals surface area contributed by atoms with E-state index in [4.69, 9.17) is 4.74 Å². The van der Waals surface area contributed by atoms with Gasteiger partial charge in [0.05, 0.1) is 12.2 Å². The smallest absolute Gasteiger partial charge is 0.259 e. The summed E-state index contributed by atoms with van der Waals surface area (Å²) in [7, 11) is 0. The van der Waals surface area contributed by atoms with E-state index in [1.807, 2.05) is 6.92 Å². The number of phenols is 1. The van der Waals surface area contributed by atoms with E-state index in [1.165, 1.54) is 6.07 Å². The molecule has 104 valence electrons. The molecule has 4 nitrogen and oxygen atoms in total. The van der Waals surface area contributed by atoms with E-state index in [2.05, 4.69) is 21.2 Å². The molecule has 0 heterocycles. The van der Waals surface area contributed by atoms with E-state index >= 15 is 0 Å². The topological polar surface area (TPSA) is 58.6 Å². The number of rotatable bonds is 4. The van der Waals surface area contributed by atoms with Gasteiger partial charge in [0.25, 0.3) is 5.91 Å². The Labute approximate surface area is 125 Å².